The molecule has 13 heavy (non-hydrogen) atoms. The van der Waals surface area contributed by atoms with E-state index in [0.29, 0.717) is 13.0 Å². The van der Waals surface area contributed by atoms with Crippen LogP contribution < -0.4 is 16.4 Å². The average Bonchev–Trinajstić information content (AvgIpc) is 2.47. The standard InChI is InChI=1S/C7H13N3O3/c8-6(12)3-10-7(13)5-1-4(11)2-9-5/h4-5,9,11H,1-3H2,(H2,8,12)(H,10,13)/t4?,5-/m0/s1. The van der Waals surface area contributed by atoms with Crippen molar-refractivity contribution in [3.05, 3.63) is 0 Å². The first-order valence-electron chi connectivity index (χ1n) is 4.07. The second-order valence-corrected chi connectivity index (χ2v) is 3.03. The highest BCUT2D eigenvalue weighted by Crippen LogP contribution is 2.05. The topological polar surface area (TPSA) is 104 Å². The van der Waals surface area contributed by atoms with Gasteiger partial charge in [0.05, 0.1) is 18.7 Å². The number of carbonyl (C=O) groups excluding carboxylic acids is 2. The summed E-state index contributed by atoms with van der Waals surface area (Å²) in [5.74, 6) is -0.873. The Hall–Kier alpha value is -1.14. The van der Waals surface area contributed by atoms with E-state index in [-0.39, 0.29) is 12.5 Å². The van der Waals surface area contributed by atoms with Gasteiger partial charge >= 0.3 is 0 Å². The van der Waals surface area contributed by atoms with Gasteiger partial charge in [-0.15, -0.1) is 0 Å². The Morgan fingerprint density at radius 1 is 1.62 bits per heavy atom. The van der Waals surface area contributed by atoms with Crippen molar-refractivity contribution in [2.45, 2.75) is 18.6 Å². The number of nitrogens with one attached hydrogen (secondary N) is 2. The molecule has 1 fully saturated rings. The van der Waals surface area contributed by atoms with Gasteiger partial charge in [0.25, 0.3) is 0 Å². The lowest BCUT2D eigenvalue weighted by Gasteiger charge is -2.08. The highest BCUT2D eigenvalue weighted by molar-refractivity contribution is 5.86. The Morgan fingerprint density at radius 2 is 2.31 bits per heavy atom. The summed E-state index contributed by atoms with van der Waals surface area (Å²) >= 11 is 0. The molecule has 1 rings (SSSR count). The van der Waals surface area contributed by atoms with Crippen molar-refractivity contribution in [3.63, 3.8) is 0 Å². The van der Waals surface area contributed by atoms with Gasteiger partial charge in [-0.25, -0.2) is 0 Å². The van der Waals surface area contributed by atoms with Crippen LogP contribution in [-0.2, 0) is 9.59 Å². The number of carbonyl (C=O) groups is 2. The zero-order chi connectivity index (χ0) is 9.84. The van der Waals surface area contributed by atoms with E-state index < -0.39 is 18.1 Å². The van der Waals surface area contributed by atoms with Crippen LogP contribution in [0.2, 0.25) is 0 Å². The lowest BCUT2D eigenvalue weighted by molar-refractivity contribution is -0.126. The van der Waals surface area contributed by atoms with Crippen molar-refractivity contribution in [3.8, 4) is 0 Å². The van der Waals surface area contributed by atoms with E-state index in [2.05, 4.69) is 10.6 Å². The maximum absolute atomic E-state index is 11.2. The lowest BCUT2D eigenvalue weighted by atomic mass is 10.2. The molecule has 0 saturated carbocycles. The Balaban J connectivity index is 2.27. The highest BCUT2D eigenvalue weighted by Gasteiger charge is 2.27. The molecule has 6 heteroatoms. The molecule has 1 saturated heterocycles. The summed E-state index contributed by atoms with van der Waals surface area (Å²) in [5.41, 5.74) is 4.84. The number of aliphatic hydroxyl groups is 1. The monoisotopic (exact) mass is 187 g/mol. The first kappa shape index (κ1) is 9.94. The van der Waals surface area contributed by atoms with Crippen LogP contribution in [0.15, 0.2) is 0 Å². The van der Waals surface area contributed by atoms with Crippen molar-refractivity contribution >= 4 is 11.8 Å². The zero-order valence-corrected chi connectivity index (χ0v) is 7.12. The van der Waals surface area contributed by atoms with Gasteiger partial charge in [0.15, 0.2) is 0 Å². The van der Waals surface area contributed by atoms with Gasteiger partial charge in [-0.1, -0.05) is 0 Å². The van der Waals surface area contributed by atoms with Crippen LogP contribution in [0.1, 0.15) is 6.42 Å². The Bertz CT molecular complexity index is 219. The summed E-state index contributed by atoms with van der Waals surface area (Å²) in [4.78, 5) is 21.5. The van der Waals surface area contributed by atoms with E-state index in [1.165, 1.54) is 0 Å². The SMILES string of the molecule is NC(=O)CNC(=O)[C@@H]1CC(O)CN1. The summed E-state index contributed by atoms with van der Waals surface area (Å²) in [5, 5.41) is 14.3. The van der Waals surface area contributed by atoms with Crippen LogP contribution in [-0.4, -0.2) is 42.2 Å². The molecule has 0 bridgehead atoms. The fourth-order valence-corrected chi connectivity index (χ4v) is 1.21. The van der Waals surface area contributed by atoms with E-state index in [4.69, 9.17) is 10.8 Å². The largest absolute Gasteiger partial charge is 0.392 e. The quantitative estimate of drug-likeness (QED) is 0.386. The molecule has 0 aromatic rings. The molecule has 1 aliphatic heterocycles. The zero-order valence-electron chi connectivity index (χ0n) is 7.12. The molecule has 2 amide bonds. The molecule has 1 aliphatic rings. The van der Waals surface area contributed by atoms with E-state index >= 15 is 0 Å². The molecule has 6 nitrogen and oxygen atoms in total. The lowest BCUT2D eigenvalue weighted by Crippen LogP contribution is -2.43. The van der Waals surface area contributed by atoms with Crippen molar-refractivity contribution in [2.75, 3.05) is 13.1 Å². The number of hydrogen-bond donors (Lipinski definition) is 4. The smallest absolute Gasteiger partial charge is 0.237 e. The Morgan fingerprint density at radius 3 is 2.77 bits per heavy atom. The molecule has 5 N–H and O–H groups in total. The van der Waals surface area contributed by atoms with E-state index in [1.54, 1.807) is 0 Å². The van der Waals surface area contributed by atoms with Crippen molar-refractivity contribution in [2.24, 2.45) is 5.73 Å². The van der Waals surface area contributed by atoms with Gasteiger partial charge in [0.2, 0.25) is 11.8 Å². The molecule has 0 aromatic heterocycles. The molecule has 0 aliphatic carbocycles. The van der Waals surface area contributed by atoms with Crippen LogP contribution in [0.4, 0.5) is 0 Å². The van der Waals surface area contributed by atoms with E-state index in [0.717, 1.165) is 0 Å². The molecule has 1 unspecified atom stereocenters. The maximum atomic E-state index is 11.2. The minimum absolute atomic E-state index is 0.160. The number of rotatable bonds is 3. The summed E-state index contributed by atoms with van der Waals surface area (Å²) in [6, 6.07) is -0.408. The molecule has 74 valence electrons. The van der Waals surface area contributed by atoms with Gasteiger partial charge in [-0.3, -0.25) is 9.59 Å². The molecule has 0 spiro atoms. The highest BCUT2D eigenvalue weighted by atomic mass is 16.3. The molecule has 0 radical (unpaired) electrons. The van der Waals surface area contributed by atoms with Crippen molar-refractivity contribution in [1.29, 1.82) is 0 Å². The van der Waals surface area contributed by atoms with Gasteiger partial charge in [-0.2, -0.15) is 0 Å². The van der Waals surface area contributed by atoms with Crippen LogP contribution >= 0.6 is 0 Å². The molecule has 2 atom stereocenters. The molecular weight excluding hydrogens is 174 g/mol. The number of primary amides is 1. The van der Waals surface area contributed by atoms with Crippen molar-refractivity contribution < 1.29 is 14.7 Å². The third-order valence-electron chi connectivity index (χ3n) is 1.86. The fraction of sp³-hybridized carbons (Fsp3) is 0.714. The average molecular weight is 187 g/mol. The van der Waals surface area contributed by atoms with Crippen LogP contribution in [0.3, 0.4) is 0 Å². The third-order valence-corrected chi connectivity index (χ3v) is 1.86. The number of nitrogens with two attached hydrogens (primary N) is 1. The molecule has 1 heterocycles. The number of aliphatic hydroxyl groups excluding tert-OH is 1. The third kappa shape index (κ3) is 3.00. The summed E-state index contributed by atoms with van der Waals surface area (Å²) < 4.78 is 0. The van der Waals surface area contributed by atoms with E-state index in [1.807, 2.05) is 0 Å². The number of hydrogen-bond acceptors (Lipinski definition) is 4. The first-order chi connectivity index (χ1) is 6.09. The second kappa shape index (κ2) is 4.20. The Labute approximate surface area is 75.5 Å². The Kier molecular flexibility index (Phi) is 3.21. The van der Waals surface area contributed by atoms with Crippen LogP contribution in [0, 0.1) is 0 Å². The maximum Gasteiger partial charge on any atom is 0.237 e. The van der Waals surface area contributed by atoms with Gasteiger partial charge in [0, 0.05) is 6.54 Å². The molecule has 0 aromatic carbocycles. The normalized spacial score (nSPS) is 27.2. The second-order valence-electron chi connectivity index (χ2n) is 3.03. The summed E-state index contributed by atoms with van der Waals surface area (Å²) in [6.07, 6.45) is -0.103. The summed E-state index contributed by atoms with van der Waals surface area (Å²) in [7, 11) is 0. The number of β-amino-alcohol motifs (C(OH)–C–C–N with tert-alkyl or cyclic N) is 1. The van der Waals surface area contributed by atoms with Gasteiger partial charge < -0.3 is 21.5 Å². The summed E-state index contributed by atoms with van der Waals surface area (Å²) in [6.45, 7) is 0.252. The van der Waals surface area contributed by atoms with Crippen LogP contribution in [0.5, 0.6) is 0 Å². The fourth-order valence-electron chi connectivity index (χ4n) is 1.21. The predicted octanol–water partition coefficient (Wildman–Crippen LogP) is -2.69. The minimum Gasteiger partial charge on any atom is -0.392 e. The molecular formula is C7H13N3O3. The van der Waals surface area contributed by atoms with Crippen molar-refractivity contribution in [1.82, 2.24) is 10.6 Å². The first-order valence-corrected chi connectivity index (χ1v) is 4.07. The predicted molar refractivity (Wildman–Crippen MR) is 44.6 cm³/mol. The van der Waals surface area contributed by atoms with E-state index in [9.17, 15) is 9.59 Å². The van der Waals surface area contributed by atoms with Gasteiger partial charge in [-0.05, 0) is 6.42 Å². The van der Waals surface area contributed by atoms with Crippen LogP contribution in [0.25, 0.3) is 0 Å². The minimum atomic E-state index is -0.577. The van der Waals surface area contributed by atoms with Gasteiger partial charge in [0.1, 0.15) is 0 Å². The number of amides is 2.